The molecule has 0 saturated carbocycles. The van der Waals surface area contributed by atoms with Crippen LogP contribution < -0.4 is 5.32 Å². The molecule has 0 radical (unpaired) electrons. The first-order chi connectivity index (χ1) is 13.8. The Morgan fingerprint density at radius 2 is 2.04 bits per heavy atom. The summed E-state index contributed by atoms with van der Waals surface area (Å²) in [7, 11) is 0. The number of aromatic nitrogens is 5. The second-order valence-electron chi connectivity index (χ2n) is 7.44. The summed E-state index contributed by atoms with van der Waals surface area (Å²) in [5.74, 6) is 1.46. The van der Waals surface area contributed by atoms with Crippen molar-refractivity contribution < 1.29 is 4.79 Å². The highest BCUT2D eigenvalue weighted by Gasteiger charge is 2.34. The van der Waals surface area contributed by atoms with E-state index in [0.29, 0.717) is 11.5 Å². The second-order valence-corrected chi connectivity index (χ2v) is 7.44. The molecule has 0 bridgehead atoms. The highest BCUT2D eigenvalue weighted by molar-refractivity contribution is 5.94. The Hall–Kier alpha value is -3.16. The van der Waals surface area contributed by atoms with Crippen molar-refractivity contribution in [1.82, 2.24) is 30.3 Å². The van der Waals surface area contributed by atoms with E-state index in [1.54, 1.807) is 6.20 Å². The minimum Gasteiger partial charge on any atom is -0.329 e. The molecule has 1 unspecified atom stereocenters. The van der Waals surface area contributed by atoms with E-state index >= 15 is 0 Å². The standard InChI is InChI=1S/C20H23N7O/c28-20(19-13-6-1-2-7-14(13)23-26-19)27-11-5-8-16(27)15-12-18(25-24-15)22-17-9-3-4-10-21-17/h3-4,9-10,12,16H,1-2,5-8,11H2,(H,23,26)(H2,21,22,24,25). The molecule has 0 spiro atoms. The molecule has 0 aromatic carbocycles. The van der Waals surface area contributed by atoms with Gasteiger partial charge in [-0.1, -0.05) is 6.07 Å². The molecular formula is C20H23N7O. The van der Waals surface area contributed by atoms with Crippen molar-refractivity contribution in [2.45, 2.75) is 44.6 Å². The maximum absolute atomic E-state index is 13.2. The fourth-order valence-electron chi connectivity index (χ4n) is 4.27. The number of fused-ring (bicyclic) bond motifs is 1. The van der Waals surface area contributed by atoms with Crippen LogP contribution in [-0.2, 0) is 12.8 Å². The zero-order chi connectivity index (χ0) is 18.9. The monoisotopic (exact) mass is 377 g/mol. The van der Waals surface area contributed by atoms with Crippen LogP contribution in [0.25, 0.3) is 0 Å². The Balaban J connectivity index is 1.36. The van der Waals surface area contributed by atoms with E-state index < -0.39 is 0 Å². The van der Waals surface area contributed by atoms with E-state index in [9.17, 15) is 4.79 Å². The summed E-state index contributed by atoms with van der Waals surface area (Å²) in [6.45, 7) is 0.743. The molecule has 1 aliphatic heterocycles. The first-order valence-electron chi connectivity index (χ1n) is 9.90. The van der Waals surface area contributed by atoms with Crippen molar-refractivity contribution >= 4 is 17.5 Å². The van der Waals surface area contributed by atoms with Crippen molar-refractivity contribution in [3.63, 3.8) is 0 Å². The number of anilines is 2. The summed E-state index contributed by atoms with van der Waals surface area (Å²) in [6, 6.07) is 7.64. The number of likely N-dealkylation sites (tertiary alicyclic amines) is 1. The van der Waals surface area contributed by atoms with Crippen LogP contribution in [0.15, 0.2) is 30.5 Å². The number of carbonyl (C=O) groups is 1. The lowest BCUT2D eigenvalue weighted by atomic mass is 9.95. The first-order valence-corrected chi connectivity index (χ1v) is 9.90. The van der Waals surface area contributed by atoms with Gasteiger partial charge in [0.25, 0.3) is 5.91 Å². The maximum Gasteiger partial charge on any atom is 0.275 e. The number of amides is 1. The normalized spacial score (nSPS) is 18.9. The number of rotatable bonds is 4. The predicted molar refractivity (Wildman–Crippen MR) is 104 cm³/mol. The number of carbonyl (C=O) groups excluding carboxylic acids is 1. The quantitative estimate of drug-likeness (QED) is 0.648. The van der Waals surface area contributed by atoms with E-state index in [0.717, 1.165) is 67.8 Å². The number of nitrogens with zero attached hydrogens (tertiary/aromatic N) is 4. The van der Waals surface area contributed by atoms with Crippen molar-refractivity contribution in [1.29, 1.82) is 0 Å². The third kappa shape index (κ3) is 3.04. The van der Waals surface area contributed by atoms with Crippen LogP contribution in [0.1, 0.15) is 59.2 Å². The lowest BCUT2D eigenvalue weighted by Crippen LogP contribution is -2.31. The smallest absolute Gasteiger partial charge is 0.275 e. The average Bonchev–Trinajstić information content (AvgIpc) is 3.47. The second kappa shape index (κ2) is 7.10. The molecule has 5 rings (SSSR count). The molecule has 3 aromatic rings. The molecule has 3 N–H and O–H groups in total. The molecule has 1 aliphatic carbocycles. The zero-order valence-corrected chi connectivity index (χ0v) is 15.6. The minimum atomic E-state index is -0.00442. The molecule has 1 amide bonds. The number of aromatic amines is 2. The number of hydrogen-bond acceptors (Lipinski definition) is 5. The highest BCUT2D eigenvalue weighted by atomic mass is 16.2. The third-order valence-electron chi connectivity index (χ3n) is 5.65. The lowest BCUT2D eigenvalue weighted by molar-refractivity contribution is 0.0725. The molecule has 1 atom stereocenters. The van der Waals surface area contributed by atoms with Crippen LogP contribution in [0.3, 0.4) is 0 Å². The molecule has 1 fully saturated rings. The van der Waals surface area contributed by atoms with E-state index in [1.807, 2.05) is 29.2 Å². The number of H-pyrrole nitrogens is 2. The Morgan fingerprint density at radius 1 is 1.11 bits per heavy atom. The Bertz CT molecular complexity index is 978. The van der Waals surface area contributed by atoms with Gasteiger partial charge >= 0.3 is 0 Å². The summed E-state index contributed by atoms with van der Waals surface area (Å²) in [5, 5.41) is 18.1. The van der Waals surface area contributed by atoms with Gasteiger partial charge in [0.1, 0.15) is 5.82 Å². The van der Waals surface area contributed by atoms with Gasteiger partial charge in [-0.05, 0) is 50.7 Å². The topological polar surface area (TPSA) is 103 Å². The molecule has 144 valence electrons. The van der Waals surface area contributed by atoms with Crippen LogP contribution in [0.2, 0.25) is 0 Å². The van der Waals surface area contributed by atoms with Gasteiger partial charge in [-0.25, -0.2) is 4.98 Å². The largest absolute Gasteiger partial charge is 0.329 e. The van der Waals surface area contributed by atoms with Crippen LogP contribution in [0.4, 0.5) is 11.6 Å². The number of pyridine rings is 1. The molecule has 8 heteroatoms. The summed E-state index contributed by atoms with van der Waals surface area (Å²) in [5.41, 5.74) is 3.79. The molecular weight excluding hydrogens is 354 g/mol. The van der Waals surface area contributed by atoms with E-state index in [2.05, 4.69) is 30.7 Å². The Labute approximate surface area is 162 Å². The van der Waals surface area contributed by atoms with Crippen LogP contribution in [0.5, 0.6) is 0 Å². The SMILES string of the molecule is O=C(c1n[nH]c2c1CCCC2)N1CCCC1c1cc(Nc2ccccn2)n[nH]1. The van der Waals surface area contributed by atoms with Crippen molar-refractivity contribution in [2.24, 2.45) is 0 Å². The van der Waals surface area contributed by atoms with Gasteiger partial charge in [0, 0.05) is 30.1 Å². The van der Waals surface area contributed by atoms with Crippen LogP contribution in [-0.4, -0.2) is 42.7 Å². The molecule has 4 heterocycles. The molecule has 2 aliphatic rings. The van der Waals surface area contributed by atoms with E-state index in [1.165, 1.54) is 0 Å². The van der Waals surface area contributed by atoms with Crippen LogP contribution >= 0.6 is 0 Å². The lowest BCUT2D eigenvalue weighted by Gasteiger charge is -2.23. The highest BCUT2D eigenvalue weighted by Crippen LogP contribution is 2.34. The van der Waals surface area contributed by atoms with Gasteiger partial charge in [0.2, 0.25) is 0 Å². The number of nitrogens with one attached hydrogen (secondary N) is 3. The predicted octanol–water partition coefficient (Wildman–Crippen LogP) is 3.13. The third-order valence-corrected chi connectivity index (χ3v) is 5.65. The summed E-state index contributed by atoms with van der Waals surface area (Å²) in [6.07, 6.45) is 7.84. The zero-order valence-electron chi connectivity index (χ0n) is 15.6. The Kier molecular flexibility index (Phi) is 4.31. The first kappa shape index (κ1) is 17.0. The van der Waals surface area contributed by atoms with Gasteiger partial charge in [-0.2, -0.15) is 10.2 Å². The number of hydrogen-bond donors (Lipinski definition) is 3. The summed E-state index contributed by atoms with van der Waals surface area (Å²) < 4.78 is 0. The van der Waals surface area contributed by atoms with Crippen molar-refractivity contribution in [3.8, 4) is 0 Å². The number of aryl methyl sites for hydroxylation is 1. The Morgan fingerprint density at radius 3 is 2.93 bits per heavy atom. The molecule has 1 saturated heterocycles. The fraction of sp³-hybridized carbons (Fsp3) is 0.400. The van der Waals surface area contributed by atoms with Gasteiger partial charge < -0.3 is 10.2 Å². The fourth-order valence-corrected chi connectivity index (χ4v) is 4.27. The summed E-state index contributed by atoms with van der Waals surface area (Å²) >= 11 is 0. The van der Waals surface area contributed by atoms with Crippen molar-refractivity contribution in [2.75, 3.05) is 11.9 Å². The molecule has 3 aromatic heterocycles. The molecule has 8 nitrogen and oxygen atoms in total. The van der Waals surface area contributed by atoms with Gasteiger partial charge in [-0.3, -0.25) is 15.0 Å². The average molecular weight is 377 g/mol. The maximum atomic E-state index is 13.2. The van der Waals surface area contributed by atoms with E-state index in [-0.39, 0.29) is 11.9 Å². The van der Waals surface area contributed by atoms with Gasteiger partial charge in [0.05, 0.1) is 11.7 Å². The van der Waals surface area contributed by atoms with Gasteiger partial charge in [0.15, 0.2) is 11.5 Å². The van der Waals surface area contributed by atoms with E-state index in [4.69, 9.17) is 0 Å². The minimum absolute atomic E-state index is 0.00442. The van der Waals surface area contributed by atoms with Crippen molar-refractivity contribution in [3.05, 3.63) is 53.1 Å². The summed E-state index contributed by atoms with van der Waals surface area (Å²) in [4.78, 5) is 19.4. The van der Waals surface area contributed by atoms with Gasteiger partial charge in [-0.15, -0.1) is 0 Å². The molecule has 28 heavy (non-hydrogen) atoms. The van der Waals surface area contributed by atoms with Crippen LogP contribution in [0, 0.1) is 0 Å².